The summed E-state index contributed by atoms with van der Waals surface area (Å²) in [6.45, 7) is 1.40. The summed E-state index contributed by atoms with van der Waals surface area (Å²) in [5.74, 6) is 0.378. The zero-order valence-corrected chi connectivity index (χ0v) is 16.6. The molecule has 0 saturated carbocycles. The second-order valence-electron chi connectivity index (χ2n) is 7.34. The summed E-state index contributed by atoms with van der Waals surface area (Å²) in [6, 6.07) is 11.2. The van der Waals surface area contributed by atoms with Crippen LogP contribution in [0.2, 0.25) is 0 Å². The van der Waals surface area contributed by atoms with E-state index in [1.807, 2.05) is 29.2 Å². The number of aromatic nitrogens is 1. The van der Waals surface area contributed by atoms with Gasteiger partial charge in [0, 0.05) is 37.9 Å². The Kier molecular flexibility index (Phi) is 5.79. The predicted molar refractivity (Wildman–Crippen MR) is 107 cm³/mol. The number of ether oxygens (including phenoxy) is 1. The summed E-state index contributed by atoms with van der Waals surface area (Å²) in [4.78, 5) is 18.6. The van der Waals surface area contributed by atoms with Gasteiger partial charge in [-0.3, -0.25) is 4.79 Å². The summed E-state index contributed by atoms with van der Waals surface area (Å²) in [5, 5.41) is 0. The Bertz CT molecular complexity index is 1030. The Morgan fingerprint density at radius 3 is 2.77 bits per heavy atom. The average molecular weight is 412 g/mol. The van der Waals surface area contributed by atoms with E-state index in [0.29, 0.717) is 31.3 Å². The number of benzene rings is 2. The topological polar surface area (TPSA) is 55.6 Å². The van der Waals surface area contributed by atoms with Crippen LogP contribution >= 0.6 is 0 Å². The smallest absolute Gasteiger partial charge is 0.223 e. The maximum Gasteiger partial charge on any atom is 0.223 e. The Labute approximate surface area is 173 Å². The first-order valence-electron chi connectivity index (χ1n) is 9.85. The third-order valence-electron chi connectivity index (χ3n) is 5.43. The standard InChI is InChI=1S/C23H22F2N2O3/c1-29-18-5-2-15(3-6-18)16-10-11-27(14-16)23(28)9-8-22-26-13-21(30-22)19-7-4-17(24)12-20(19)25/h2-7,12-13,16H,8-11,14H2,1H3. The van der Waals surface area contributed by atoms with Gasteiger partial charge in [0.05, 0.1) is 18.9 Å². The van der Waals surface area contributed by atoms with Crippen LogP contribution in [0.25, 0.3) is 11.3 Å². The number of halogens is 2. The molecule has 7 heteroatoms. The van der Waals surface area contributed by atoms with Crippen molar-refractivity contribution in [1.29, 1.82) is 0 Å². The summed E-state index contributed by atoms with van der Waals surface area (Å²) in [5.41, 5.74) is 1.34. The quantitative estimate of drug-likeness (QED) is 0.595. The highest BCUT2D eigenvalue weighted by molar-refractivity contribution is 5.76. The van der Waals surface area contributed by atoms with Gasteiger partial charge in [0.25, 0.3) is 0 Å². The highest BCUT2D eigenvalue weighted by atomic mass is 19.1. The minimum atomic E-state index is -0.713. The van der Waals surface area contributed by atoms with Gasteiger partial charge in [0.1, 0.15) is 17.4 Å². The van der Waals surface area contributed by atoms with E-state index in [-0.39, 0.29) is 23.7 Å². The average Bonchev–Trinajstić information content (AvgIpc) is 3.42. The van der Waals surface area contributed by atoms with E-state index in [9.17, 15) is 13.6 Å². The van der Waals surface area contributed by atoms with Crippen molar-refractivity contribution >= 4 is 5.91 Å². The van der Waals surface area contributed by atoms with Crippen LogP contribution in [0.15, 0.2) is 53.1 Å². The number of nitrogens with zero attached hydrogens (tertiary/aromatic N) is 2. The number of hydrogen-bond acceptors (Lipinski definition) is 4. The van der Waals surface area contributed by atoms with Crippen LogP contribution in [0.3, 0.4) is 0 Å². The molecule has 1 unspecified atom stereocenters. The molecular weight excluding hydrogens is 390 g/mol. The third-order valence-corrected chi connectivity index (χ3v) is 5.43. The summed E-state index contributed by atoms with van der Waals surface area (Å²) in [6.07, 6.45) is 2.91. The van der Waals surface area contributed by atoms with Crippen LogP contribution in [-0.4, -0.2) is 36.0 Å². The monoisotopic (exact) mass is 412 g/mol. The number of hydrogen-bond donors (Lipinski definition) is 0. The fraction of sp³-hybridized carbons (Fsp3) is 0.304. The fourth-order valence-electron chi connectivity index (χ4n) is 3.75. The second kappa shape index (κ2) is 8.65. The normalized spacial score (nSPS) is 16.1. The lowest BCUT2D eigenvalue weighted by atomic mass is 9.98. The molecule has 2 aromatic carbocycles. The molecule has 156 valence electrons. The van der Waals surface area contributed by atoms with Crippen LogP contribution in [0.5, 0.6) is 5.75 Å². The van der Waals surface area contributed by atoms with Crippen molar-refractivity contribution in [3.8, 4) is 17.1 Å². The van der Waals surface area contributed by atoms with Gasteiger partial charge in [-0.05, 0) is 36.2 Å². The first-order valence-corrected chi connectivity index (χ1v) is 9.85. The van der Waals surface area contributed by atoms with Crippen LogP contribution < -0.4 is 4.74 Å². The Morgan fingerprint density at radius 1 is 1.23 bits per heavy atom. The van der Waals surface area contributed by atoms with Gasteiger partial charge in [-0.25, -0.2) is 13.8 Å². The van der Waals surface area contributed by atoms with Crippen LogP contribution in [-0.2, 0) is 11.2 Å². The number of carbonyl (C=O) groups is 1. The third kappa shape index (κ3) is 4.35. The number of rotatable bonds is 6. The SMILES string of the molecule is COc1ccc(C2CCN(C(=O)CCc3ncc(-c4ccc(F)cc4F)o3)C2)cc1. The molecule has 30 heavy (non-hydrogen) atoms. The molecule has 0 spiro atoms. The minimum absolute atomic E-state index is 0.0405. The van der Waals surface area contributed by atoms with Crippen molar-refractivity contribution in [1.82, 2.24) is 9.88 Å². The zero-order chi connectivity index (χ0) is 21.1. The van der Waals surface area contributed by atoms with Crippen LogP contribution in [0, 0.1) is 11.6 Å². The lowest BCUT2D eigenvalue weighted by Crippen LogP contribution is -2.28. The molecule has 1 aliphatic heterocycles. The van der Waals surface area contributed by atoms with Gasteiger partial charge in [0.2, 0.25) is 5.91 Å². The van der Waals surface area contributed by atoms with Crippen LogP contribution in [0.4, 0.5) is 8.78 Å². The highest BCUT2D eigenvalue weighted by Crippen LogP contribution is 2.29. The van der Waals surface area contributed by atoms with Gasteiger partial charge in [-0.2, -0.15) is 0 Å². The molecule has 3 aromatic rings. The summed E-state index contributed by atoms with van der Waals surface area (Å²) in [7, 11) is 1.64. The van der Waals surface area contributed by atoms with Gasteiger partial charge < -0.3 is 14.1 Å². The Morgan fingerprint density at radius 2 is 2.03 bits per heavy atom. The van der Waals surface area contributed by atoms with E-state index >= 15 is 0 Å². The molecule has 0 bridgehead atoms. The number of oxazole rings is 1. The molecular formula is C23H22F2N2O3. The zero-order valence-electron chi connectivity index (χ0n) is 16.6. The van der Waals surface area contributed by atoms with Crippen molar-refractivity contribution in [3.63, 3.8) is 0 Å². The lowest BCUT2D eigenvalue weighted by Gasteiger charge is -2.16. The molecule has 0 aliphatic carbocycles. The number of likely N-dealkylation sites (tertiary alicyclic amines) is 1. The highest BCUT2D eigenvalue weighted by Gasteiger charge is 2.27. The first-order chi connectivity index (χ1) is 14.5. The Balaban J connectivity index is 1.32. The molecule has 1 amide bonds. The maximum absolute atomic E-state index is 13.9. The summed E-state index contributed by atoms with van der Waals surface area (Å²) >= 11 is 0. The van der Waals surface area contributed by atoms with Gasteiger partial charge >= 0.3 is 0 Å². The molecule has 1 aliphatic rings. The molecule has 2 heterocycles. The largest absolute Gasteiger partial charge is 0.497 e. The molecule has 1 fully saturated rings. The maximum atomic E-state index is 13.9. The van der Waals surface area contributed by atoms with Gasteiger partial charge in [0.15, 0.2) is 11.7 Å². The number of amides is 1. The van der Waals surface area contributed by atoms with Crippen molar-refractivity contribution < 1.29 is 22.7 Å². The van der Waals surface area contributed by atoms with Crippen molar-refractivity contribution in [3.05, 3.63) is 71.8 Å². The van der Waals surface area contributed by atoms with Gasteiger partial charge in [-0.1, -0.05) is 12.1 Å². The molecule has 0 radical (unpaired) electrons. The fourth-order valence-corrected chi connectivity index (χ4v) is 3.75. The number of methoxy groups -OCH3 is 1. The number of carbonyl (C=O) groups excluding carboxylic acids is 1. The van der Waals surface area contributed by atoms with Crippen molar-refractivity contribution in [2.24, 2.45) is 0 Å². The summed E-state index contributed by atoms with van der Waals surface area (Å²) < 4.78 is 37.7. The molecule has 0 N–H and O–H groups in total. The molecule has 5 nitrogen and oxygen atoms in total. The van der Waals surface area contributed by atoms with Crippen molar-refractivity contribution in [2.45, 2.75) is 25.2 Å². The van der Waals surface area contributed by atoms with Crippen LogP contribution in [0.1, 0.15) is 30.2 Å². The van der Waals surface area contributed by atoms with E-state index in [4.69, 9.17) is 9.15 Å². The lowest BCUT2D eigenvalue weighted by molar-refractivity contribution is -0.130. The Hall–Kier alpha value is -3.22. The van der Waals surface area contributed by atoms with E-state index in [1.165, 1.54) is 17.8 Å². The minimum Gasteiger partial charge on any atom is -0.497 e. The van der Waals surface area contributed by atoms with E-state index in [1.54, 1.807) is 7.11 Å². The molecule has 1 saturated heterocycles. The van der Waals surface area contributed by atoms with E-state index in [2.05, 4.69) is 4.98 Å². The van der Waals surface area contributed by atoms with Crippen molar-refractivity contribution in [2.75, 3.05) is 20.2 Å². The molecule has 1 aromatic heterocycles. The van der Waals surface area contributed by atoms with E-state index < -0.39 is 11.6 Å². The second-order valence-corrected chi connectivity index (χ2v) is 7.34. The predicted octanol–water partition coefficient (Wildman–Crippen LogP) is 4.58. The van der Waals surface area contributed by atoms with E-state index in [0.717, 1.165) is 24.3 Å². The molecule has 1 atom stereocenters. The first kappa shape index (κ1) is 20.1. The van der Waals surface area contributed by atoms with Gasteiger partial charge in [-0.15, -0.1) is 0 Å². The number of aryl methyl sites for hydroxylation is 1. The molecule has 4 rings (SSSR count).